The molecule has 2 nitrogen and oxygen atoms in total. The third-order valence-corrected chi connectivity index (χ3v) is 4.27. The van der Waals surface area contributed by atoms with E-state index < -0.39 is 0 Å². The van der Waals surface area contributed by atoms with Crippen LogP contribution < -0.4 is 0 Å². The van der Waals surface area contributed by atoms with Crippen LogP contribution in [0.1, 0.15) is 37.9 Å². The van der Waals surface area contributed by atoms with E-state index in [-0.39, 0.29) is 0 Å². The van der Waals surface area contributed by atoms with Crippen molar-refractivity contribution >= 4 is 11.3 Å². The Morgan fingerprint density at radius 3 is 2.62 bits per heavy atom. The largest absolute Gasteiger partial charge is 0.297 e. The lowest BCUT2D eigenvalue weighted by Gasteiger charge is -2.34. The third-order valence-electron chi connectivity index (χ3n) is 3.23. The van der Waals surface area contributed by atoms with Crippen LogP contribution in [0.4, 0.5) is 0 Å². The van der Waals surface area contributed by atoms with E-state index in [1.165, 1.54) is 30.2 Å². The average molecular weight is 238 g/mol. The molecule has 1 aromatic heterocycles. The Bertz CT molecular complexity index is 324. The molecule has 2 atom stereocenters. The van der Waals surface area contributed by atoms with Crippen LogP contribution in [0.3, 0.4) is 0 Å². The average Bonchev–Trinajstić information content (AvgIpc) is 2.64. The summed E-state index contributed by atoms with van der Waals surface area (Å²) in [4.78, 5) is 7.21. The molecule has 2 rings (SSSR count). The Morgan fingerprint density at radius 2 is 2.06 bits per heavy atom. The molecule has 1 fully saturated rings. The van der Waals surface area contributed by atoms with Crippen LogP contribution in [0.15, 0.2) is 5.38 Å². The third kappa shape index (κ3) is 3.05. The number of piperidine rings is 1. The van der Waals surface area contributed by atoms with Gasteiger partial charge in [-0.1, -0.05) is 20.8 Å². The molecule has 0 amide bonds. The van der Waals surface area contributed by atoms with Crippen molar-refractivity contribution in [3.05, 3.63) is 16.1 Å². The highest BCUT2D eigenvalue weighted by Crippen LogP contribution is 2.22. The zero-order chi connectivity index (χ0) is 11.5. The van der Waals surface area contributed by atoms with Gasteiger partial charge >= 0.3 is 0 Å². The summed E-state index contributed by atoms with van der Waals surface area (Å²) in [7, 11) is 0. The van der Waals surface area contributed by atoms with Crippen LogP contribution in [0, 0.1) is 11.8 Å². The number of likely N-dealkylation sites (tertiary alicyclic amines) is 1. The summed E-state index contributed by atoms with van der Waals surface area (Å²) in [6.07, 6.45) is 2.45. The van der Waals surface area contributed by atoms with E-state index in [1.54, 1.807) is 11.3 Å². The molecule has 1 aliphatic heterocycles. The molecule has 0 radical (unpaired) electrons. The fraction of sp³-hybridized carbons (Fsp3) is 0.769. The maximum atomic E-state index is 4.65. The number of rotatable bonds is 3. The lowest BCUT2D eigenvalue weighted by atomic mass is 9.92. The lowest BCUT2D eigenvalue weighted by molar-refractivity contribution is 0.133. The maximum Gasteiger partial charge on any atom is 0.0926 e. The SMILES string of the molecule is CCc1nc(CN2C[C@H](C)C[C@@H](C)C2)cs1. The first-order valence-corrected chi connectivity index (χ1v) is 7.21. The van der Waals surface area contributed by atoms with Gasteiger partial charge in [0.05, 0.1) is 10.7 Å². The smallest absolute Gasteiger partial charge is 0.0926 e. The predicted molar refractivity (Wildman–Crippen MR) is 69.7 cm³/mol. The van der Waals surface area contributed by atoms with Crippen molar-refractivity contribution < 1.29 is 0 Å². The summed E-state index contributed by atoms with van der Waals surface area (Å²) < 4.78 is 0. The minimum Gasteiger partial charge on any atom is -0.297 e. The molecule has 0 spiro atoms. The Morgan fingerprint density at radius 1 is 1.38 bits per heavy atom. The van der Waals surface area contributed by atoms with Crippen LogP contribution in [-0.2, 0) is 13.0 Å². The summed E-state index contributed by atoms with van der Waals surface area (Å²) in [6.45, 7) is 10.4. The molecule has 3 heteroatoms. The van der Waals surface area contributed by atoms with Gasteiger partial charge in [0.2, 0.25) is 0 Å². The van der Waals surface area contributed by atoms with Crippen LogP contribution in [0.25, 0.3) is 0 Å². The van der Waals surface area contributed by atoms with Gasteiger partial charge in [-0.25, -0.2) is 4.98 Å². The summed E-state index contributed by atoms with van der Waals surface area (Å²) in [5.74, 6) is 1.68. The number of hydrogen-bond acceptors (Lipinski definition) is 3. The fourth-order valence-electron chi connectivity index (χ4n) is 2.73. The standard InChI is InChI=1S/C13H22N2S/c1-4-13-14-12(9-16-13)8-15-6-10(2)5-11(3)7-15/h9-11H,4-8H2,1-3H3/t10-,11-/m1/s1. The monoisotopic (exact) mass is 238 g/mol. The van der Waals surface area contributed by atoms with Gasteiger partial charge in [-0.05, 0) is 24.7 Å². The second kappa shape index (κ2) is 5.28. The number of thiazole rings is 1. The van der Waals surface area contributed by atoms with Crippen LogP contribution in [0.2, 0.25) is 0 Å². The van der Waals surface area contributed by atoms with Crippen LogP contribution >= 0.6 is 11.3 Å². The van der Waals surface area contributed by atoms with E-state index >= 15 is 0 Å². The molecular formula is C13H22N2S. The van der Waals surface area contributed by atoms with Crippen LogP contribution in [-0.4, -0.2) is 23.0 Å². The molecular weight excluding hydrogens is 216 g/mol. The van der Waals surface area contributed by atoms with Gasteiger partial charge in [-0.2, -0.15) is 0 Å². The Labute approximate surface area is 103 Å². The van der Waals surface area contributed by atoms with Gasteiger partial charge in [0, 0.05) is 25.0 Å². The van der Waals surface area contributed by atoms with Gasteiger partial charge in [0.15, 0.2) is 0 Å². The number of aromatic nitrogens is 1. The normalized spacial score (nSPS) is 27.2. The highest BCUT2D eigenvalue weighted by atomic mass is 32.1. The van der Waals surface area contributed by atoms with Crippen molar-refractivity contribution in [1.29, 1.82) is 0 Å². The Hall–Kier alpha value is -0.410. The molecule has 90 valence electrons. The minimum absolute atomic E-state index is 0.841. The second-order valence-corrected chi connectivity index (χ2v) is 6.17. The van der Waals surface area contributed by atoms with Crippen molar-refractivity contribution in [1.82, 2.24) is 9.88 Å². The number of aryl methyl sites for hydroxylation is 1. The molecule has 1 saturated heterocycles. The Kier molecular flexibility index (Phi) is 3.98. The van der Waals surface area contributed by atoms with E-state index in [4.69, 9.17) is 0 Å². The minimum atomic E-state index is 0.841. The van der Waals surface area contributed by atoms with Crippen molar-refractivity contribution in [2.24, 2.45) is 11.8 Å². The fourth-order valence-corrected chi connectivity index (χ4v) is 3.47. The van der Waals surface area contributed by atoms with Gasteiger partial charge < -0.3 is 0 Å². The highest BCUT2D eigenvalue weighted by molar-refractivity contribution is 7.09. The van der Waals surface area contributed by atoms with Gasteiger partial charge in [-0.3, -0.25) is 4.90 Å². The molecule has 16 heavy (non-hydrogen) atoms. The van der Waals surface area contributed by atoms with E-state index in [2.05, 4.69) is 36.0 Å². The molecule has 0 saturated carbocycles. The molecule has 0 aromatic carbocycles. The topological polar surface area (TPSA) is 16.1 Å². The van der Waals surface area contributed by atoms with Crippen molar-refractivity contribution in [3.8, 4) is 0 Å². The van der Waals surface area contributed by atoms with Crippen molar-refractivity contribution in [2.75, 3.05) is 13.1 Å². The zero-order valence-corrected chi connectivity index (χ0v) is 11.4. The number of hydrogen-bond donors (Lipinski definition) is 0. The molecule has 0 unspecified atom stereocenters. The zero-order valence-electron chi connectivity index (χ0n) is 10.6. The molecule has 2 heterocycles. The van der Waals surface area contributed by atoms with Gasteiger partial charge in [-0.15, -0.1) is 11.3 Å². The predicted octanol–water partition coefficient (Wildman–Crippen LogP) is 3.18. The number of nitrogens with zero attached hydrogens (tertiary/aromatic N) is 2. The van der Waals surface area contributed by atoms with Crippen LogP contribution in [0.5, 0.6) is 0 Å². The summed E-state index contributed by atoms with van der Waals surface area (Å²) in [5.41, 5.74) is 1.27. The van der Waals surface area contributed by atoms with Gasteiger partial charge in [0.25, 0.3) is 0 Å². The summed E-state index contributed by atoms with van der Waals surface area (Å²) >= 11 is 1.80. The van der Waals surface area contributed by atoms with E-state index in [9.17, 15) is 0 Å². The van der Waals surface area contributed by atoms with E-state index in [1.807, 2.05) is 0 Å². The highest BCUT2D eigenvalue weighted by Gasteiger charge is 2.22. The molecule has 1 aliphatic rings. The maximum absolute atomic E-state index is 4.65. The van der Waals surface area contributed by atoms with Crippen molar-refractivity contribution in [2.45, 2.75) is 40.2 Å². The molecule has 1 aromatic rings. The first-order chi connectivity index (χ1) is 7.67. The molecule has 0 aliphatic carbocycles. The van der Waals surface area contributed by atoms with Crippen molar-refractivity contribution in [3.63, 3.8) is 0 Å². The molecule has 0 bridgehead atoms. The summed E-state index contributed by atoms with van der Waals surface area (Å²) in [6, 6.07) is 0. The first kappa shape index (κ1) is 12.1. The van der Waals surface area contributed by atoms with Gasteiger partial charge in [0.1, 0.15) is 0 Å². The molecule has 0 N–H and O–H groups in total. The first-order valence-electron chi connectivity index (χ1n) is 6.33. The quantitative estimate of drug-likeness (QED) is 0.804. The summed E-state index contributed by atoms with van der Waals surface area (Å²) in [5, 5.41) is 3.50. The Balaban J connectivity index is 1.93. The van der Waals surface area contributed by atoms with E-state index in [0.29, 0.717) is 0 Å². The second-order valence-electron chi connectivity index (χ2n) is 5.23. The van der Waals surface area contributed by atoms with E-state index in [0.717, 1.165) is 24.8 Å². The lowest BCUT2D eigenvalue weighted by Crippen LogP contribution is -2.38.